The maximum Gasteiger partial charge on any atom is 0.267 e. The van der Waals surface area contributed by atoms with Gasteiger partial charge >= 0.3 is 0 Å². The van der Waals surface area contributed by atoms with Crippen LogP contribution in [-0.4, -0.2) is 32.8 Å². The molecular formula is C14H15N5O. The molecular weight excluding hydrogens is 254 g/mol. The monoisotopic (exact) mass is 269 g/mol. The fraction of sp³-hybridized carbons (Fsp3) is 0.214. The number of aromatic nitrogens is 4. The molecule has 102 valence electrons. The number of amides is 1. The van der Waals surface area contributed by atoms with E-state index in [1.165, 1.54) is 5.56 Å². The van der Waals surface area contributed by atoms with Gasteiger partial charge in [-0.25, -0.2) is 0 Å². The lowest BCUT2D eigenvalue weighted by Crippen LogP contribution is -2.26. The summed E-state index contributed by atoms with van der Waals surface area (Å²) in [5.41, 5.74) is 3.55. The first-order chi connectivity index (χ1) is 9.72. The Hall–Kier alpha value is -2.63. The first-order valence-corrected chi connectivity index (χ1v) is 6.44. The second-order valence-corrected chi connectivity index (χ2v) is 4.74. The summed E-state index contributed by atoms with van der Waals surface area (Å²) in [4.78, 5) is 15.2. The van der Waals surface area contributed by atoms with Crippen molar-refractivity contribution in [3.05, 3.63) is 47.4 Å². The van der Waals surface area contributed by atoms with Crippen LogP contribution >= 0.6 is 0 Å². The third kappa shape index (κ3) is 2.54. The summed E-state index contributed by atoms with van der Waals surface area (Å²) in [7, 11) is 0. The van der Waals surface area contributed by atoms with E-state index in [0.29, 0.717) is 18.7 Å². The van der Waals surface area contributed by atoms with Crippen LogP contribution in [0, 0.1) is 6.92 Å². The van der Waals surface area contributed by atoms with Crippen molar-refractivity contribution in [3.63, 3.8) is 0 Å². The summed E-state index contributed by atoms with van der Waals surface area (Å²) in [5.74, 6) is -0.109. The maximum atomic E-state index is 12.0. The van der Waals surface area contributed by atoms with Gasteiger partial charge in [0.1, 0.15) is 5.69 Å². The zero-order valence-electron chi connectivity index (χ0n) is 11.1. The van der Waals surface area contributed by atoms with Crippen LogP contribution in [0.15, 0.2) is 30.5 Å². The lowest BCUT2D eigenvalue weighted by Gasteiger charge is -2.01. The number of nitrogens with zero attached hydrogens (tertiary/aromatic N) is 2. The van der Waals surface area contributed by atoms with E-state index in [1.54, 1.807) is 6.20 Å². The molecule has 0 atom stereocenters. The number of carbonyl (C=O) groups excluding carboxylic acids is 1. The summed E-state index contributed by atoms with van der Waals surface area (Å²) in [6.07, 6.45) is 2.31. The number of H-pyrrole nitrogens is 2. The first kappa shape index (κ1) is 12.4. The molecule has 0 unspecified atom stereocenters. The summed E-state index contributed by atoms with van der Waals surface area (Å²) in [5, 5.41) is 14.1. The lowest BCUT2D eigenvalue weighted by atomic mass is 10.2. The Morgan fingerprint density at radius 1 is 1.35 bits per heavy atom. The van der Waals surface area contributed by atoms with Crippen LogP contribution in [0.4, 0.5) is 0 Å². The minimum atomic E-state index is -0.109. The van der Waals surface area contributed by atoms with E-state index in [9.17, 15) is 4.79 Å². The average molecular weight is 269 g/mol. The molecule has 1 aromatic carbocycles. The van der Waals surface area contributed by atoms with E-state index in [-0.39, 0.29) is 5.91 Å². The van der Waals surface area contributed by atoms with Crippen molar-refractivity contribution in [2.75, 3.05) is 6.54 Å². The number of hydrogen-bond acceptors (Lipinski definition) is 3. The predicted octanol–water partition coefficient (Wildman–Crippen LogP) is 1.57. The number of benzene rings is 1. The Kier molecular flexibility index (Phi) is 3.20. The van der Waals surface area contributed by atoms with Crippen LogP contribution < -0.4 is 5.32 Å². The van der Waals surface area contributed by atoms with Crippen molar-refractivity contribution in [1.29, 1.82) is 0 Å². The highest BCUT2D eigenvalue weighted by Gasteiger charge is 2.09. The summed E-state index contributed by atoms with van der Waals surface area (Å²) < 4.78 is 0. The molecule has 20 heavy (non-hydrogen) atoms. The summed E-state index contributed by atoms with van der Waals surface area (Å²) in [6, 6.07) is 7.92. The van der Waals surface area contributed by atoms with Crippen molar-refractivity contribution in [2.45, 2.75) is 13.3 Å². The molecule has 0 bridgehead atoms. The fourth-order valence-corrected chi connectivity index (χ4v) is 2.12. The zero-order valence-corrected chi connectivity index (χ0v) is 11.1. The number of rotatable bonds is 4. The maximum absolute atomic E-state index is 12.0. The Morgan fingerprint density at radius 3 is 3.05 bits per heavy atom. The molecule has 0 aliphatic carbocycles. The standard InChI is InChI=1S/C14H15N5O/c1-9-2-3-12-10(6-9)7-13(17-12)14(20)15-5-4-11-8-16-19-18-11/h2-3,6-8,17H,4-5H2,1H3,(H,15,20)(H,16,18,19). The van der Waals surface area contributed by atoms with Crippen molar-refractivity contribution < 1.29 is 4.79 Å². The second-order valence-electron chi connectivity index (χ2n) is 4.74. The number of nitrogens with one attached hydrogen (secondary N) is 3. The smallest absolute Gasteiger partial charge is 0.267 e. The van der Waals surface area contributed by atoms with Gasteiger partial charge in [-0.3, -0.25) is 4.79 Å². The highest BCUT2D eigenvalue weighted by atomic mass is 16.1. The number of fused-ring (bicyclic) bond motifs is 1. The Morgan fingerprint density at radius 2 is 2.25 bits per heavy atom. The van der Waals surface area contributed by atoms with Crippen molar-refractivity contribution in [2.24, 2.45) is 0 Å². The normalized spacial score (nSPS) is 10.8. The molecule has 1 amide bonds. The number of carbonyl (C=O) groups is 1. The van der Waals surface area contributed by atoms with Gasteiger partial charge in [0.05, 0.1) is 11.9 Å². The molecule has 2 aromatic heterocycles. The predicted molar refractivity (Wildman–Crippen MR) is 75.5 cm³/mol. The minimum absolute atomic E-state index is 0.109. The number of hydrogen-bond donors (Lipinski definition) is 3. The molecule has 0 fully saturated rings. The fourth-order valence-electron chi connectivity index (χ4n) is 2.12. The molecule has 2 heterocycles. The van der Waals surface area contributed by atoms with Gasteiger partial charge in [0.15, 0.2) is 0 Å². The van der Waals surface area contributed by atoms with E-state index < -0.39 is 0 Å². The molecule has 3 aromatic rings. The molecule has 6 nitrogen and oxygen atoms in total. The van der Waals surface area contributed by atoms with Crippen LogP contribution in [0.2, 0.25) is 0 Å². The van der Waals surface area contributed by atoms with Crippen molar-refractivity contribution in [3.8, 4) is 0 Å². The van der Waals surface area contributed by atoms with Gasteiger partial charge in [-0.2, -0.15) is 15.4 Å². The zero-order chi connectivity index (χ0) is 13.9. The molecule has 0 saturated carbocycles. The second kappa shape index (κ2) is 5.16. The Balaban J connectivity index is 1.66. The summed E-state index contributed by atoms with van der Waals surface area (Å²) >= 11 is 0. The van der Waals surface area contributed by atoms with Crippen molar-refractivity contribution in [1.82, 2.24) is 25.7 Å². The van der Waals surface area contributed by atoms with Gasteiger partial charge in [-0.05, 0) is 25.1 Å². The van der Waals surface area contributed by atoms with Gasteiger partial charge in [0, 0.05) is 23.9 Å². The van der Waals surface area contributed by atoms with Gasteiger partial charge in [-0.15, -0.1) is 0 Å². The van der Waals surface area contributed by atoms with E-state index in [0.717, 1.165) is 16.6 Å². The molecule has 0 saturated heterocycles. The van der Waals surface area contributed by atoms with E-state index in [4.69, 9.17) is 0 Å². The van der Waals surface area contributed by atoms with Crippen molar-refractivity contribution >= 4 is 16.8 Å². The van der Waals surface area contributed by atoms with Gasteiger partial charge in [-0.1, -0.05) is 11.6 Å². The average Bonchev–Trinajstić information content (AvgIpc) is 3.06. The van der Waals surface area contributed by atoms with Gasteiger partial charge in [0.25, 0.3) is 5.91 Å². The highest BCUT2D eigenvalue weighted by Crippen LogP contribution is 2.16. The van der Waals surface area contributed by atoms with Crippen LogP contribution in [0.3, 0.4) is 0 Å². The number of aromatic amines is 2. The Bertz CT molecular complexity index is 729. The van der Waals surface area contributed by atoms with Gasteiger partial charge < -0.3 is 10.3 Å². The largest absolute Gasteiger partial charge is 0.351 e. The van der Waals surface area contributed by atoms with E-state index in [1.807, 2.05) is 25.1 Å². The molecule has 0 aliphatic heterocycles. The third-order valence-electron chi connectivity index (χ3n) is 3.15. The highest BCUT2D eigenvalue weighted by molar-refractivity contribution is 5.98. The van der Waals surface area contributed by atoms with E-state index in [2.05, 4.69) is 31.8 Å². The molecule has 0 radical (unpaired) electrons. The quantitative estimate of drug-likeness (QED) is 0.672. The molecule has 0 aliphatic rings. The SMILES string of the molecule is Cc1ccc2[nH]c(C(=O)NCCc3cn[nH]n3)cc2c1. The van der Waals surface area contributed by atoms with Crippen LogP contribution in [0.1, 0.15) is 21.7 Å². The van der Waals surface area contributed by atoms with Gasteiger partial charge in [0.2, 0.25) is 0 Å². The Labute approximate surface area is 115 Å². The third-order valence-corrected chi connectivity index (χ3v) is 3.15. The topological polar surface area (TPSA) is 86.5 Å². The molecule has 0 spiro atoms. The molecule has 3 rings (SSSR count). The van der Waals surface area contributed by atoms with E-state index >= 15 is 0 Å². The van der Waals surface area contributed by atoms with Crippen LogP contribution in [-0.2, 0) is 6.42 Å². The minimum Gasteiger partial charge on any atom is -0.351 e. The lowest BCUT2D eigenvalue weighted by molar-refractivity contribution is 0.0950. The molecule has 6 heteroatoms. The first-order valence-electron chi connectivity index (χ1n) is 6.44. The van der Waals surface area contributed by atoms with Crippen LogP contribution in [0.5, 0.6) is 0 Å². The number of aryl methyl sites for hydroxylation is 1. The summed E-state index contributed by atoms with van der Waals surface area (Å²) in [6.45, 7) is 2.56. The van der Waals surface area contributed by atoms with Crippen LogP contribution in [0.25, 0.3) is 10.9 Å². The molecule has 3 N–H and O–H groups in total.